The number of halogens is 1. The molecule has 1 aliphatic heterocycles. The van der Waals surface area contributed by atoms with E-state index in [4.69, 9.17) is 16.3 Å². The predicted molar refractivity (Wildman–Crippen MR) is 107 cm³/mol. The van der Waals surface area contributed by atoms with E-state index >= 15 is 0 Å². The van der Waals surface area contributed by atoms with Crippen LogP contribution in [0.4, 0.5) is 23.1 Å². The maximum Gasteiger partial charge on any atom is 0.229 e. The zero-order valence-electron chi connectivity index (χ0n) is 14.1. The number of rotatable bonds is 0. The Bertz CT molecular complexity index is 1040. The van der Waals surface area contributed by atoms with Crippen LogP contribution in [0, 0.1) is 11.3 Å². The Hall–Kier alpha value is -2.95. The Morgan fingerprint density at radius 2 is 2.04 bits per heavy atom. The summed E-state index contributed by atoms with van der Waals surface area (Å²) in [5, 5.41) is 16.1. The molecule has 8 heteroatoms. The molecule has 27 heavy (non-hydrogen) atoms. The number of nitriles is 1. The molecule has 0 saturated heterocycles. The molecular weight excluding hydrogens is 382 g/mol. The lowest BCUT2D eigenvalue weighted by Gasteiger charge is -2.11. The van der Waals surface area contributed by atoms with Gasteiger partial charge in [0.15, 0.2) is 5.82 Å². The average molecular weight is 396 g/mol. The molecule has 0 aliphatic carbocycles. The highest BCUT2D eigenvalue weighted by Crippen LogP contribution is 2.30. The lowest BCUT2D eigenvalue weighted by Crippen LogP contribution is -2.03. The Morgan fingerprint density at radius 3 is 2.93 bits per heavy atom. The van der Waals surface area contributed by atoms with Gasteiger partial charge in [0.1, 0.15) is 16.8 Å². The summed E-state index contributed by atoms with van der Waals surface area (Å²) in [5.74, 6) is 2.17. The van der Waals surface area contributed by atoms with E-state index in [1.165, 1.54) is 6.20 Å². The highest BCUT2D eigenvalue weighted by atomic mass is 35.5. The maximum absolute atomic E-state index is 9.30. The van der Waals surface area contributed by atoms with Crippen LogP contribution in [0.3, 0.4) is 0 Å². The average Bonchev–Trinajstić information content (AvgIpc) is 2.68. The number of nitrogens with zero attached hydrogens (tertiary/aromatic N) is 3. The molecule has 0 amide bonds. The summed E-state index contributed by atoms with van der Waals surface area (Å²) in [6, 6.07) is 15.4. The molecule has 134 valence electrons. The van der Waals surface area contributed by atoms with E-state index in [1.807, 2.05) is 24.3 Å². The van der Waals surface area contributed by atoms with E-state index in [2.05, 4.69) is 26.7 Å². The summed E-state index contributed by atoms with van der Waals surface area (Å²) in [5.41, 5.74) is 2.09. The number of nitrogens with one attached hydrogen (secondary N) is 2. The quantitative estimate of drug-likeness (QED) is 0.555. The van der Waals surface area contributed by atoms with Gasteiger partial charge in [0, 0.05) is 28.1 Å². The fourth-order valence-corrected chi connectivity index (χ4v) is 3.49. The van der Waals surface area contributed by atoms with Crippen LogP contribution in [0.25, 0.3) is 0 Å². The second-order valence-corrected chi connectivity index (χ2v) is 7.26. The lowest BCUT2D eigenvalue weighted by molar-refractivity contribution is 0.343. The van der Waals surface area contributed by atoms with Crippen molar-refractivity contribution in [3.63, 3.8) is 0 Å². The van der Waals surface area contributed by atoms with E-state index in [9.17, 15) is 5.26 Å². The van der Waals surface area contributed by atoms with E-state index in [-0.39, 0.29) is 0 Å². The molecule has 2 aromatic carbocycles. The summed E-state index contributed by atoms with van der Waals surface area (Å²) in [6.07, 6.45) is 1.54. The first-order chi connectivity index (χ1) is 13.2. The third-order valence-corrected chi connectivity index (χ3v) is 5.04. The van der Waals surface area contributed by atoms with Crippen LogP contribution in [-0.2, 0) is 0 Å². The Balaban J connectivity index is 1.75. The molecule has 1 aromatic heterocycles. The minimum absolute atomic E-state index is 0.387. The van der Waals surface area contributed by atoms with Crippen molar-refractivity contribution in [3.05, 3.63) is 59.2 Å². The molecule has 0 atom stereocenters. The van der Waals surface area contributed by atoms with Crippen LogP contribution >= 0.6 is 23.4 Å². The minimum Gasteiger partial charge on any atom is -0.491 e. The smallest absolute Gasteiger partial charge is 0.229 e. The van der Waals surface area contributed by atoms with Crippen molar-refractivity contribution in [3.8, 4) is 11.8 Å². The Labute approximate surface area is 165 Å². The summed E-state index contributed by atoms with van der Waals surface area (Å²) in [7, 11) is 0. The van der Waals surface area contributed by atoms with Gasteiger partial charge in [-0.2, -0.15) is 10.2 Å². The van der Waals surface area contributed by atoms with Gasteiger partial charge in [-0.3, -0.25) is 0 Å². The van der Waals surface area contributed by atoms with Crippen LogP contribution in [0.5, 0.6) is 5.75 Å². The first-order valence-corrected chi connectivity index (χ1v) is 9.54. The van der Waals surface area contributed by atoms with Crippen molar-refractivity contribution in [2.24, 2.45) is 0 Å². The number of thioether (sulfide) groups is 1. The molecule has 1 aliphatic rings. The highest BCUT2D eigenvalue weighted by molar-refractivity contribution is 7.99. The Kier molecular flexibility index (Phi) is 5.01. The van der Waals surface area contributed by atoms with Crippen LogP contribution in [-0.4, -0.2) is 22.3 Å². The summed E-state index contributed by atoms with van der Waals surface area (Å²) in [6.45, 7) is 0.483. The molecule has 0 spiro atoms. The maximum atomic E-state index is 9.30. The standard InChI is InChI=1S/C19H14ClN5OS/c20-16-11-22-19-24-14-5-4-12(10-21)17(9-14)26-6-7-27-15-3-1-2-13(8-15)23-18(16)25-19/h1-5,8-9,11H,6-7H2,(H2,22,23,24,25). The van der Waals surface area contributed by atoms with E-state index in [0.29, 0.717) is 34.7 Å². The molecule has 6 bridgehead atoms. The first kappa shape index (κ1) is 17.5. The fraction of sp³-hybridized carbons (Fsp3) is 0.105. The van der Waals surface area contributed by atoms with Crippen LogP contribution < -0.4 is 15.4 Å². The van der Waals surface area contributed by atoms with Crippen molar-refractivity contribution >= 4 is 46.5 Å². The van der Waals surface area contributed by atoms with Gasteiger partial charge in [-0.25, -0.2) is 4.98 Å². The monoisotopic (exact) mass is 395 g/mol. The fourth-order valence-electron chi connectivity index (χ4n) is 2.57. The van der Waals surface area contributed by atoms with Crippen molar-refractivity contribution in [1.82, 2.24) is 9.97 Å². The molecule has 6 nitrogen and oxygen atoms in total. The van der Waals surface area contributed by atoms with Crippen molar-refractivity contribution in [1.29, 1.82) is 5.26 Å². The van der Waals surface area contributed by atoms with E-state index < -0.39 is 0 Å². The first-order valence-electron chi connectivity index (χ1n) is 8.18. The minimum atomic E-state index is 0.387. The number of ether oxygens (including phenoxy) is 1. The third kappa shape index (κ3) is 4.08. The zero-order chi connectivity index (χ0) is 18.6. The molecule has 2 heterocycles. The van der Waals surface area contributed by atoms with Gasteiger partial charge >= 0.3 is 0 Å². The second kappa shape index (κ2) is 7.74. The third-order valence-electron chi connectivity index (χ3n) is 3.81. The molecule has 0 fully saturated rings. The lowest BCUT2D eigenvalue weighted by atomic mass is 10.2. The molecular formula is C19H14ClN5OS. The number of aromatic nitrogens is 2. The van der Waals surface area contributed by atoms with Gasteiger partial charge in [-0.15, -0.1) is 11.8 Å². The normalized spacial score (nSPS) is 13.0. The van der Waals surface area contributed by atoms with Gasteiger partial charge in [-0.05, 0) is 30.3 Å². The van der Waals surface area contributed by atoms with Crippen LogP contribution in [0.1, 0.15) is 5.56 Å². The molecule has 3 aromatic rings. The van der Waals surface area contributed by atoms with Crippen molar-refractivity contribution < 1.29 is 4.74 Å². The number of anilines is 4. The molecule has 2 N–H and O–H groups in total. The van der Waals surface area contributed by atoms with Gasteiger partial charge in [0.2, 0.25) is 5.95 Å². The van der Waals surface area contributed by atoms with E-state index in [0.717, 1.165) is 22.0 Å². The molecule has 4 rings (SSSR count). The topological polar surface area (TPSA) is 82.9 Å². The number of hydrogen-bond acceptors (Lipinski definition) is 7. The van der Waals surface area contributed by atoms with Crippen LogP contribution in [0.15, 0.2) is 53.6 Å². The van der Waals surface area contributed by atoms with Crippen molar-refractivity contribution in [2.75, 3.05) is 23.0 Å². The van der Waals surface area contributed by atoms with Crippen LogP contribution in [0.2, 0.25) is 5.02 Å². The number of hydrogen-bond donors (Lipinski definition) is 2. The largest absolute Gasteiger partial charge is 0.491 e. The SMILES string of the molecule is N#Cc1ccc2cc1OCCSc1cccc(c1)Nc1nc(ncc1Cl)N2. The summed E-state index contributed by atoms with van der Waals surface area (Å²) < 4.78 is 5.83. The molecule has 0 radical (unpaired) electrons. The molecule has 0 saturated carbocycles. The summed E-state index contributed by atoms with van der Waals surface area (Å²) >= 11 is 7.92. The second-order valence-electron chi connectivity index (χ2n) is 5.69. The number of benzene rings is 2. The van der Waals surface area contributed by atoms with Gasteiger partial charge < -0.3 is 15.4 Å². The van der Waals surface area contributed by atoms with E-state index in [1.54, 1.807) is 30.0 Å². The predicted octanol–water partition coefficient (Wildman–Crippen LogP) is 4.97. The van der Waals surface area contributed by atoms with Gasteiger partial charge in [0.25, 0.3) is 0 Å². The Morgan fingerprint density at radius 1 is 1.15 bits per heavy atom. The van der Waals surface area contributed by atoms with Crippen molar-refractivity contribution in [2.45, 2.75) is 4.90 Å². The van der Waals surface area contributed by atoms with Gasteiger partial charge in [-0.1, -0.05) is 17.7 Å². The highest BCUT2D eigenvalue weighted by Gasteiger charge is 2.10. The zero-order valence-corrected chi connectivity index (χ0v) is 15.6. The van der Waals surface area contributed by atoms with Gasteiger partial charge in [0.05, 0.1) is 18.4 Å². The molecule has 0 unspecified atom stereocenters. The summed E-state index contributed by atoms with van der Waals surface area (Å²) in [4.78, 5) is 9.77. The number of fused-ring (bicyclic) bond motifs is 6.